The zero-order chi connectivity index (χ0) is 41.6. The van der Waals surface area contributed by atoms with Crippen LogP contribution in [0, 0.1) is 11.8 Å². The maximum absolute atomic E-state index is 14.3. The van der Waals surface area contributed by atoms with E-state index in [0.717, 1.165) is 5.57 Å². The van der Waals surface area contributed by atoms with Gasteiger partial charge in [-0.1, -0.05) is 65.5 Å². The molecule has 1 aromatic carbocycles. The highest BCUT2D eigenvalue weighted by Gasteiger charge is 2.42. The van der Waals surface area contributed by atoms with E-state index < -0.39 is 65.9 Å². The number of amides is 3. The maximum Gasteiger partial charge on any atom is 0.334 e. The number of carbonyl (C=O) groups is 6. The SMILES string of the molecule is C=C(C=O)C(=C)OC(=O)[C@H](Cc1ccc(OC)cc1)N(C)C(=O)[C@@H]1CCCN1C(=O)[C@H](CC(C)C)NC(=O)[C@@H](OC(=O)C[C@H](O)/C(NC)=C(/C)CC)C(C)C. The van der Waals surface area contributed by atoms with Gasteiger partial charge in [0.05, 0.1) is 13.5 Å². The Bertz CT molecular complexity index is 1590. The number of carbonyl (C=O) groups excluding carboxylic acids is 6. The topological polar surface area (TPSA) is 181 Å². The molecule has 1 aromatic rings. The van der Waals surface area contributed by atoms with Crippen LogP contribution in [0.15, 0.2) is 60.0 Å². The molecule has 1 aliphatic heterocycles. The van der Waals surface area contributed by atoms with Gasteiger partial charge in [0.15, 0.2) is 12.4 Å². The Morgan fingerprint density at radius 1 is 1.09 bits per heavy atom. The van der Waals surface area contributed by atoms with Gasteiger partial charge < -0.3 is 39.8 Å². The number of rotatable bonds is 21. The molecule has 0 spiro atoms. The molecule has 1 saturated heterocycles. The molecule has 3 amide bonds. The van der Waals surface area contributed by atoms with E-state index in [1.54, 1.807) is 45.2 Å². The van der Waals surface area contributed by atoms with Crippen molar-refractivity contribution in [2.75, 3.05) is 27.7 Å². The summed E-state index contributed by atoms with van der Waals surface area (Å²) in [5.41, 5.74) is 1.93. The summed E-state index contributed by atoms with van der Waals surface area (Å²) in [5.74, 6) is -3.47. The summed E-state index contributed by atoms with van der Waals surface area (Å²) in [6.45, 7) is 18.3. The molecule has 5 atom stereocenters. The lowest BCUT2D eigenvalue weighted by Gasteiger charge is -2.34. The van der Waals surface area contributed by atoms with Crippen molar-refractivity contribution in [1.29, 1.82) is 0 Å². The Morgan fingerprint density at radius 3 is 2.25 bits per heavy atom. The Hall–Kier alpha value is -4.98. The lowest BCUT2D eigenvalue weighted by atomic mass is 10.00. The van der Waals surface area contributed by atoms with Crippen molar-refractivity contribution >= 4 is 35.9 Å². The van der Waals surface area contributed by atoms with Gasteiger partial charge in [-0.2, -0.15) is 0 Å². The number of likely N-dealkylation sites (N-methyl/N-ethyl adjacent to an activating group) is 2. The van der Waals surface area contributed by atoms with Crippen LogP contribution < -0.4 is 15.4 Å². The second kappa shape index (κ2) is 21.8. The minimum Gasteiger partial charge on any atom is -0.497 e. The summed E-state index contributed by atoms with van der Waals surface area (Å²) < 4.78 is 16.2. The highest BCUT2D eigenvalue weighted by Crippen LogP contribution is 2.25. The fourth-order valence-electron chi connectivity index (χ4n) is 6.30. The average molecular weight is 769 g/mol. The number of likely N-dealkylation sites (tertiary alicyclic amines) is 1. The van der Waals surface area contributed by atoms with Gasteiger partial charge >= 0.3 is 11.9 Å². The number of esters is 2. The molecule has 55 heavy (non-hydrogen) atoms. The minimum absolute atomic E-state index is 0.0374. The van der Waals surface area contributed by atoms with Crippen LogP contribution in [0.5, 0.6) is 5.75 Å². The second-order valence-electron chi connectivity index (χ2n) is 14.6. The molecule has 304 valence electrons. The molecular formula is C41H60N4O10. The highest BCUT2D eigenvalue weighted by molar-refractivity contribution is 5.95. The Labute approximate surface area is 325 Å². The molecule has 14 nitrogen and oxygen atoms in total. The van der Waals surface area contributed by atoms with Crippen molar-refractivity contribution in [2.45, 2.75) is 110 Å². The van der Waals surface area contributed by atoms with Crippen LogP contribution in [0.25, 0.3) is 0 Å². The molecule has 0 radical (unpaired) electrons. The van der Waals surface area contributed by atoms with Gasteiger partial charge in [-0.15, -0.1) is 0 Å². The minimum atomic E-state index is -1.26. The first-order valence-electron chi connectivity index (χ1n) is 18.7. The third-order valence-electron chi connectivity index (χ3n) is 9.62. The summed E-state index contributed by atoms with van der Waals surface area (Å²) in [6, 6.07) is 3.74. The van der Waals surface area contributed by atoms with Crippen molar-refractivity contribution in [2.24, 2.45) is 11.8 Å². The van der Waals surface area contributed by atoms with Gasteiger partial charge in [0, 0.05) is 38.3 Å². The molecule has 0 unspecified atom stereocenters. The van der Waals surface area contributed by atoms with Crippen LogP contribution in [-0.2, 0) is 44.7 Å². The van der Waals surface area contributed by atoms with E-state index in [0.29, 0.717) is 42.6 Å². The first-order valence-corrected chi connectivity index (χ1v) is 18.7. The Kier molecular flexibility index (Phi) is 18.3. The molecule has 3 N–H and O–H groups in total. The molecule has 0 bridgehead atoms. The number of hydrogen-bond acceptors (Lipinski definition) is 11. The van der Waals surface area contributed by atoms with Gasteiger partial charge in [-0.3, -0.25) is 24.0 Å². The molecule has 1 aliphatic rings. The van der Waals surface area contributed by atoms with Gasteiger partial charge in [0.1, 0.15) is 35.7 Å². The van der Waals surface area contributed by atoms with Crippen molar-refractivity contribution in [3.8, 4) is 5.75 Å². The van der Waals surface area contributed by atoms with Gasteiger partial charge in [0.2, 0.25) is 11.8 Å². The Morgan fingerprint density at radius 2 is 1.73 bits per heavy atom. The molecule has 14 heteroatoms. The van der Waals surface area contributed by atoms with Gasteiger partial charge in [-0.05, 0) is 62.1 Å². The quantitative estimate of drug-likeness (QED) is 0.0547. The van der Waals surface area contributed by atoms with Crippen molar-refractivity contribution in [1.82, 2.24) is 20.4 Å². The first-order chi connectivity index (χ1) is 25.9. The maximum atomic E-state index is 14.3. The van der Waals surface area contributed by atoms with E-state index in [2.05, 4.69) is 23.8 Å². The number of aliphatic hydroxyl groups excluding tert-OH is 1. The lowest BCUT2D eigenvalue weighted by Crippen LogP contribution is -2.57. The third-order valence-corrected chi connectivity index (χ3v) is 9.62. The standard InChI is InChI=1S/C41H60N4O10/c1-12-26(6)36(42-9)34(47)22-35(48)55-37(25(4)5)38(49)43-31(20-24(2)3)39(50)45-19-13-14-32(45)40(51)44(10)33(41(52)54-28(8)27(7)23-46)21-29-15-17-30(53-11)18-16-29/h15-18,23-25,31-34,37,42,47H,7-8,12-14,19-22H2,1-6,9-11H3,(H,43,49)/b36-26+/t31-,32-,33-,34-,37-/m0/s1. The number of allylic oxidation sites excluding steroid dienone is 2. The van der Waals surface area contributed by atoms with Crippen LogP contribution in [0.2, 0.25) is 0 Å². The van der Waals surface area contributed by atoms with E-state index in [1.165, 1.54) is 24.0 Å². The highest BCUT2D eigenvalue weighted by atomic mass is 16.6. The summed E-state index contributed by atoms with van der Waals surface area (Å²) in [6.07, 6.45) is -0.643. The lowest BCUT2D eigenvalue weighted by molar-refractivity contribution is -0.161. The number of aliphatic hydroxyl groups is 1. The number of ether oxygens (including phenoxy) is 3. The van der Waals surface area contributed by atoms with E-state index in [1.807, 2.05) is 27.7 Å². The first kappa shape index (κ1) is 46.2. The molecule has 1 fully saturated rings. The van der Waals surface area contributed by atoms with Crippen LogP contribution in [0.3, 0.4) is 0 Å². The molecule has 0 aromatic heterocycles. The molecule has 1 heterocycles. The van der Waals surface area contributed by atoms with E-state index in [-0.39, 0.29) is 43.1 Å². The molecule has 2 rings (SSSR count). The molecule has 0 aliphatic carbocycles. The van der Waals surface area contributed by atoms with Gasteiger partial charge in [0.25, 0.3) is 5.91 Å². The normalized spacial score (nSPS) is 16.6. The van der Waals surface area contributed by atoms with E-state index >= 15 is 0 Å². The zero-order valence-electron chi connectivity index (χ0n) is 33.8. The van der Waals surface area contributed by atoms with Crippen molar-refractivity contribution < 1.29 is 48.1 Å². The molecule has 0 saturated carbocycles. The monoisotopic (exact) mass is 768 g/mol. The number of benzene rings is 1. The van der Waals surface area contributed by atoms with Crippen LogP contribution >= 0.6 is 0 Å². The third kappa shape index (κ3) is 13.1. The largest absolute Gasteiger partial charge is 0.497 e. The van der Waals surface area contributed by atoms with Crippen LogP contribution in [-0.4, -0.2) is 109 Å². The Balaban J connectivity index is 2.34. The number of nitrogens with zero attached hydrogens (tertiary/aromatic N) is 2. The van der Waals surface area contributed by atoms with E-state index in [4.69, 9.17) is 14.2 Å². The second-order valence-corrected chi connectivity index (χ2v) is 14.6. The zero-order valence-corrected chi connectivity index (χ0v) is 33.8. The predicted molar refractivity (Wildman–Crippen MR) is 207 cm³/mol. The van der Waals surface area contributed by atoms with Gasteiger partial charge in [-0.25, -0.2) is 4.79 Å². The summed E-state index contributed by atoms with van der Waals surface area (Å²) in [7, 11) is 4.62. The number of nitrogens with one attached hydrogen (secondary N) is 2. The summed E-state index contributed by atoms with van der Waals surface area (Å²) >= 11 is 0. The number of aldehydes is 1. The summed E-state index contributed by atoms with van der Waals surface area (Å²) in [4.78, 5) is 82.6. The fraction of sp³-hybridized carbons (Fsp3) is 0.561. The smallest absolute Gasteiger partial charge is 0.334 e. The van der Waals surface area contributed by atoms with E-state index in [9.17, 15) is 33.9 Å². The number of methoxy groups -OCH3 is 1. The van der Waals surface area contributed by atoms with Crippen molar-refractivity contribution in [3.05, 3.63) is 65.6 Å². The van der Waals surface area contributed by atoms with Crippen LogP contribution in [0.1, 0.15) is 79.2 Å². The van der Waals surface area contributed by atoms with Crippen LogP contribution in [0.4, 0.5) is 0 Å². The predicted octanol–water partition coefficient (Wildman–Crippen LogP) is 3.62. The number of hydrogen-bond donors (Lipinski definition) is 3. The average Bonchev–Trinajstić information content (AvgIpc) is 3.64. The fourth-order valence-corrected chi connectivity index (χ4v) is 6.30. The summed E-state index contributed by atoms with van der Waals surface area (Å²) in [5, 5.41) is 16.4. The molecular weight excluding hydrogens is 708 g/mol. The van der Waals surface area contributed by atoms with Crippen molar-refractivity contribution in [3.63, 3.8) is 0 Å².